The molecule has 1 N–H and O–H groups in total. The number of carbonyl (C=O) groups is 1. The summed E-state index contributed by atoms with van der Waals surface area (Å²) in [5.74, 6) is -0.217. The van der Waals surface area contributed by atoms with Gasteiger partial charge in [-0.1, -0.05) is 0 Å². The number of rotatable bonds is 5. The maximum absolute atomic E-state index is 13.1. The van der Waals surface area contributed by atoms with Crippen molar-refractivity contribution in [1.29, 1.82) is 0 Å². The number of hydrogen-bond acceptors (Lipinski definition) is 4. The Hall–Kier alpha value is -3.35. The number of anilines is 1. The molecule has 0 unspecified atom stereocenters. The van der Waals surface area contributed by atoms with Crippen molar-refractivity contribution >= 4 is 11.6 Å². The minimum absolute atomic E-state index is 0.0906. The van der Waals surface area contributed by atoms with Crippen molar-refractivity contribution in [3.05, 3.63) is 76.2 Å². The van der Waals surface area contributed by atoms with E-state index in [2.05, 4.69) is 15.0 Å². The van der Waals surface area contributed by atoms with Crippen LogP contribution in [0.3, 0.4) is 0 Å². The Morgan fingerprint density at radius 3 is 2.56 bits per heavy atom. The van der Waals surface area contributed by atoms with Gasteiger partial charge in [0.25, 0.3) is 5.56 Å². The van der Waals surface area contributed by atoms with Crippen LogP contribution >= 0.6 is 0 Å². The fourth-order valence-corrected chi connectivity index (χ4v) is 2.83. The number of carbonyl (C=O) groups excluding carboxylic acids is 1. The second-order valence-corrected chi connectivity index (χ2v) is 6.01. The molecule has 0 saturated carbocycles. The quantitative estimate of drug-likeness (QED) is 0.753. The first-order valence-electron chi connectivity index (χ1n) is 8.55. The van der Waals surface area contributed by atoms with Crippen LogP contribution in [0.1, 0.15) is 18.2 Å². The summed E-state index contributed by atoms with van der Waals surface area (Å²) in [4.78, 5) is 37.9. The molecule has 0 aliphatic heterocycles. The standard InChI is InChI=1S/C20H19FN4O2/c1-3-25(16-8-6-15(21)7-9-16)18(26)11-17-13(2)23-19(24-20(17)27)14-5-4-10-22-12-14/h4-10,12H,3,11H2,1-2H3,(H,23,24,27). The molecule has 0 bridgehead atoms. The first kappa shape index (κ1) is 18.4. The number of pyridine rings is 1. The van der Waals surface area contributed by atoms with Gasteiger partial charge in [0.1, 0.15) is 11.6 Å². The molecule has 0 saturated heterocycles. The van der Waals surface area contributed by atoms with Gasteiger partial charge in [-0.15, -0.1) is 0 Å². The van der Waals surface area contributed by atoms with E-state index in [0.29, 0.717) is 34.9 Å². The van der Waals surface area contributed by atoms with Crippen LogP contribution in [0.15, 0.2) is 53.6 Å². The van der Waals surface area contributed by atoms with Gasteiger partial charge in [0, 0.05) is 41.4 Å². The SMILES string of the molecule is CCN(C(=O)Cc1c(C)nc(-c2cccnc2)[nH]c1=O)c1ccc(F)cc1. The molecule has 2 heterocycles. The van der Waals surface area contributed by atoms with Gasteiger partial charge in [-0.3, -0.25) is 14.6 Å². The molecule has 6 nitrogen and oxygen atoms in total. The van der Waals surface area contributed by atoms with Gasteiger partial charge in [-0.25, -0.2) is 9.37 Å². The molecule has 3 aromatic rings. The minimum atomic E-state index is -0.371. The molecule has 0 fully saturated rings. The topological polar surface area (TPSA) is 79.0 Å². The van der Waals surface area contributed by atoms with Gasteiger partial charge in [0.15, 0.2) is 0 Å². The molecule has 0 spiro atoms. The third-order valence-corrected chi connectivity index (χ3v) is 4.24. The number of H-pyrrole nitrogens is 1. The number of aromatic amines is 1. The molecule has 0 aliphatic rings. The van der Waals surface area contributed by atoms with E-state index < -0.39 is 0 Å². The van der Waals surface area contributed by atoms with E-state index in [1.807, 2.05) is 6.92 Å². The summed E-state index contributed by atoms with van der Waals surface area (Å²) in [5.41, 5.74) is 1.72. The number of aryl methyl sites for hydroxylation is 1. The molecule has 0 aliphatic carbocycles. The summed E-state index contributed by atoms with van der Waals surface area (Å²) in [5, 5.41) is 0. The second kappa shape index (κ2) is 7.90. The highest BCUT2D eigenvalue weighted by molar-refractivity contribution is 5.94. The summed E-state index contributed by atoms with van der Waals surface area (Å²) >= 11 is 0. The highest BCUT2D eigenvalue weighted by Crippen LogP contribution is 2.17. The normalized spacial score (nSPS) is 10.6. The van der Waals surface area contributed by atoms with Crippen molar-refractivity contribution in [3.8, 4) is 11.4 Å². The molecule has 1 aromatic carbocycles. The number of benzene rings is 1. The lowest BCUT2D eigenvalue weighted by molar-refractivity contribution is -0.118. The van der Waals surface area contributed by atoms with Gasteiger partial charge < -0.3 is 9.88 Å². The van der Waals surface area contributed by atoms with Crippen molar-refractivity contribution in [2.75, 3.05) is 11.4 Å². The Balaban J connectivity index is 1.87. The van der Waals surface area contributed by atoms with Crippen LogP contribution in [0, 0.1) is 12.7 Å². The first-order valence-corrected chi connectivity index (χ1v) is 8.55. The highest BCUT2D eigenvalue weighted by atomic mass is 19.1. The monoisotopic (exact) mass is 366 g/mol. The molecular weight excluding hydrogens is 347 g/mol. The maximum Gasteiger partial charge on any atom is 0.255 e. The number of amides is 1. The average Bonchev–Trinajstić information content (AvgIpc) is 2.67. The second-order valence-electron chi connectivity index (χ2n) is 6.01. The lowest BCUT2D eigenvalue weighted by Crippen LogP contribution is -2.34. The summed E-state index contributed by atoms with van der Waals surface area (Å²) in [6, 6.07) is 9.23. The number of nitrogens with zero attached hydrogens (tertiary/aromatic N) is 3. The molecule has 3 rings (SSSR count). The molecule has 7 heteroatoms. The molecular formula is C20H19FN4O2. The Bertz CT molecular complexity index is 1000. The average molecular weight is 366 g/mol. The van der Waals surface area contributed by atoms with Crippen LogP contribution in [0.5, 0.6) is 0 Å². The number of aromatic nitrogens is 3. The van der Waals surface area contributed by atoms with Gasteiger partial charge in [-0.2, -0.15) is 0 Å². The van der Waals surface area contributed by atoms with E-state index in [9.17, 15) is 14.0 Å². The third-order valence-electron chi connectivity index (χ3n) is 4.24. The Kier molecular flexibility index (Phi) is 5.40. The summed E-state index contributed by atoms with van der Waals surface area (Å²) in [7, 11) is 0. The van der Waals surface area contributed by atoms with Crippen molar-refractivity contribution in [1.82, 2.24) is 15.0 Å². The molecule has 2 aromatic heterocycles. The third kappa shape index (κ3) is 4.08. The summed E-state index contributed by atoms with van der Waals surface area (Å²) in [6.07, 6.45) is 3.15. The molecule has 0 radical (unpaired) electrons. The first-order chi connectivity index (χ1) is 13.0. The zero-order valence-corrected chi connectivity index (χ0v) is 15.1. The molecule has 27 heavy (non-hydrogen) atoms. The van der Waals surface area contributed by atoms with Crippen molar-refractivity contribution in [2.24, 2.45) is 0 Å². The van der Waals surface area contributed by atoms with Crippen molar-refractivity contribution in [2.45, 2.75) is 20.3 Å². The summed E-state index contributed by atoms with van der Waals surface area (Å²) in [6.45, 7) is 3.93. The summed E-state index contributed by atoms with van der Waals surface area (Å²) < 4.78 is 13.1. The van der Waals surface area contributed by atoms with Crippen LogP contribution in [0.4, 0.5) is 10.1 Å². The van der Waals surface area contributed by atoms with Crippen LogP contribution in [0.2, 0.25) is 0 Å². The molecule has 0 atom stereocenters. The van der Waals surface area contributed by atoms with E-state index in [0.717, 1.165) is 0 Å². The van der Waals surface area contributed by atoms with E-state index >= 15 is 0 Å². The predicted molar refractivity (Wildman–Crippen MR) is 101 cm³/mol. The van der Waals surface area contributed by atoms with E-state index in [4.69, 9.17) is 0 Å². The zero-order valence-electron chi connectivity index (χ0n) is 15.1. The van der Waals surface area contributed by atoms with E-state index in [-0.39, 0.29) is 23.7 Å². The molecule has 1 amide bonds. The van der Waals surface area contributed by atoms with Gasteiger partial charge in [0.05, 0.1) is 6.42 Å². The van der Waals surface area contributed by atoms with Crippen LogP contribution in [-0.4, -0.2) is 27.4 Å². The van der Waals surface area contributed by atoms with Gasteiger partial charge in [0.2, 0.25) is 5.91 Å². The Labute approximate surface area is 155 Å². The van der Waals surface area contributed by atoms with E-state index in [1.54, 1.807) is 31.5 Å². The smallest absolute Gasteiger partial charge is 0.255 e. The predicted octanol–water partition coefficient (Wildman–Crippen LogP) is 2.88. The Morgan fingerprint density at radius 1 is 1.22 bits per heavy atom. The van der Waals surface area contributed by atoms with Crippen LogP contribution in [-0.2, 0) is 11.2 Å². The lowest BCUT2D eigenvalue weighted by atomic mass is 10.1. The van der Waals surface area contributed by atoms with Crippen molar-refractivity contribution in [3.63, 3.8) is 0 Å². The van der Waals surface area contributed by atoms with Crippen LogP contribution < -0.4 is 10.5 Å². The zero-order chi connectivity index (χ0) is 19.4. The number of hydrogen-bond donors (Lipinski definition) is 1. The number of nitrogens with one attached hydrogen (secondary N) is 1. The molecule has 138 valence electrons. The fraction of sp³-hybridized carbons (Fsp3) is 0.200. The van der Waals surface area contributed by atoms with Crippen LogP contribution in [0.25, 0.3) is 11.4 Å². The largest absolute Gasteiger partial charge is 0.312 e. The fourth-order valence-electron chi connectivity index (χ4n) is 2.83. The maximum atomic E-state index is 13.1. The lowest BCUT2D eigenvalue weighted by Gasteiger charge is -2.21. The minimum Gasteiger partial charge on any atom is -0.312 e. The van der Waals surface area contributed by atoms with E-state index in [1.165, 1.54) is 29.2 Å². The van der Waals surface area contributed by atoms with Crippen molar-refractivity contribution < 1.29 is 9.18 Å². The highest BCUT2D eigenvalue weighted by Gasteiger charge is 2.19. The van der Waals surface area contributed by atoms with Gasteiger partial charge >= 0.3 is 0 Å². The number of halogens is 1. The Morgan fingerprint density at radius 2 is 1.96 bits per heavy atom. The van der Waals surface area contributed by atoms with Gasteiger partial charge in [-0.05, 0) is 50.2 Å². The number of likely N-dealkylation sites (N-methyl/N-ethyl adjacent to an activating group) is 1.